The molecule has 3 aromatic rings. The molecular formula is C19H23FN4. The molecule has 1 N–H and O–H groups in total. The van der Waals surface area contributed by atoms with Gasteiger partial charge in [-0.1, -0.05) is 6.92 Å². The van der Waals surface area contributed by atoms with Crippen molar-refractivity contribution in [1.82, 2.24) is 14.5 Å². The summed E-state index contributed by atoms with van der Waals surface area (Å²) in [5.74, 6) is 0.766. The van der Waals surface area contributed by atoms with Crippen molar-refractivity contribution in [2.24, 2.45) is 0 Å². The number of aryl methyl sites for hydroxylation is 2. The molecule has 0 radical (unpaired) electrons. The van der Waals surface area contributed by atoms with Gasteiger partial charge in [0.05, 0.1) is 23.4 Å². The fraction of sp³-hybridized carbons (Fsp3) is 0.368. The molecule has 0 saturated heterocycles. The molecule has 0 spiro atoms. The molecule has 3 rings (SSSR count). The summed E-state index contributed by atoms with van der Waals surface area (Å²) in [5, 5.41) is 4.37. The summed E-state index contributed by atoms with van der Waals surface area (Å²) >= 11 is 0. The van der Waals surface area contributed by atoms with Crippen molar-refractivity contribution in [2.75, 3.05) is 5.32 Å². The maximum absolute atomic E-state index is 14.4. The third-order valence-electron chi connectivity index (χ3n) is 4.53. The van der Waals surface area contributed by atoms with Crippen molar-refractivity contribution in [3.8, 4) is 0 Å². The predicted molar refractivity (Wildman–Crippen MR) is 96.5 cm³/mol. The average molecular weight is 326 g/mol. The molecule has 1 unspecified atom stereocenters. The lowest BCUT2D eigenvalue weighted by atomic mass is 10.1. The van der Waals surface area contributed by atoms with Gasteiger partial charge in [-0.25, -0.2) is 9.37 Å². The van der Waals surface area contributed by atoms with Crippen LogP contribution in [0.15, 0.2) is 36.8 Å². The third kappa shape index (κ3) is 3.11. The number of hydrogen-bond donors (Lipinski definition) is 1. The Morgan fingerprint density at radius 2 is 1.92 bits per heavy atom. The summed E-state index contributed by atoms with van der Waals surface area (Å²) in [6.45, 7) is 7.85. The lowest BCUT2D eigenvalue weighted by Gasteiger charge is -2.19. The minimum Gasteiger partial charge on any atom is -0.344 e. The van der Waals surface area contributed by atoms with Crippen LogP contribution < -0.4 is 5.32 Å². The second-order valence-electron chi connectivity index (χ2n) is 6.52. The first-order chi connectivity index (χ1) is 11.4. The number of alkyl halides is 1. The van der Waals surface area contributed by atoms with Crippen molar-refractivity contribution in [3.63, 3.8) is 0 Å². The minimum absolute atomic E-state index is 0.335. The van der Waals surface area contributed by atoms with E-state index in [0.717, 1.165) is 33.7 Å². The SMILES string of the molecule is CCC(C)(F)Cn1ccc2c(Nc3c(C)ccnc3C)nccc21. The number of fused-ring (bicyclic) bond motifs is 1. The number of nitrogens with zero attached hydrogens (tertiary/aromatic N) is 3. The van der Waals surface area contributed by atoms with E-state index in [1.54, 1.807) is 19.3 Å². The van der Waals surface area contributed by atoms with E-state index in [0.29, 0.717) is 13.0 Å². The fourth-order valence-electron chi connectivity index (χ4n) is 2.83. The molecule has 0 bridgehead atoms. The van der Waals surface area contributed by atoms with Crippen LogP contribution in [0.2, 0.25) is 0 Å². The molecule has 3 aromatic heterocycles. The van der Waals surface area contributed by atoms with Crippen molar-refractivity contribution in [2.45, 2.75) is 46.3 Å². The Labute approximate surface area is 141 Å². The summed E-state index contributed by atoms with van der Waals surface area (Å²) in [4.78, 5) is 8.80. The van der Waals surface area contributed by atoms with Crippen molar-refractivity contribution < 1.29 is 4.39 Å². The normalized spacial score (nSPS) is 13.9. The fourth-order valence-corrected chi connectivity index (χ4v) is 2.83. The van der Waals surface area contributed by atoms with Crippen LogP contribution in [0.1, 0.15) is 31.5 Å². The van der Waals surface area contributed by atoms with Gasteiger partial charge in [0.15, 0.2) is 0 Å². The zero-order valence-corrected chi connectivity index (χ0v) is 14.6. The van der Waals surface area contributed by atoms with Crippen LogP contribution in [0.25, 0.3) is 10.9 Å². The van der Waals surface area contributed by atoms with Crippen LogP contribution >= 0.6 is 0 Å². The van der Waals surface area contributed by atoms with Crippen molar-refractivity contribution in [3.05, 3.63) is 48.0 Å². The summed E-state index contributed by atoms with van der Waals surface area (Å²) in [6.07, 6.45) is 5.96. The molecule has 0 fully saturated rings. The summed E-state index contributed by atoms with van der Waals surface area (Å²) in [7, 11) is 0. The van der Waals surface area contributed by atoms with Crippen LogP contribution in [-0.2, 0) is 6.54 Å². The van der Waals surface area contributed by atoms with Gasteiger partial charge in [0.2, 0.25) is 0 Å². The molecule has 0 aromatic carbocycles. The molecule has 4 nitrogen and oxygen atoms in total. The van der Waals surface area contributed by atoms with E-state index in [-0.39, 0.29) is 0 Å². The molecule has 0 aliphatic heterocycles. The average Bonchev–Trinajstić information content (AvgIpc) is 2.94. The van der Waals surface area contributed by atoms with Crippen LogP contribution in [0, 0.1) is 13.8 Å². The molecule has 3 heterocycles. The maximum Gasteiger partial charge on any atom is 0.139 e. The number of nitrogens with one attached hydrogen (secondary N) is 1. The van der Waals surface area contributed by atoms with Crippen LogP contribution in [0.3, 0.4) is 0 Å². The van der Waals surface area contributed by atoms with Gasteiger partial charge in [0.1, 0.15) is 11.5 Å². The molecule has 126 valence electrons. The topological polar surface area (TPSA) is 42.7 Å². The monoisotopic (exact) mass is 326 g/mol. The Bertz CT molecular complexity index is 847. The molecule has 0 aliphatic carbocycles. The van der Waals surface area contributed by atoms with Gasteiger partial charge in [0, 0.05) is 24.0 Å². The molecular weight excluding hydrogens is 303 g/mol. The highest BCUT2D eigenvalue weighted by atomic mass is 19.1. The molecule has 24 heavy (non-hydrogen) atoms. The van der Waals surface area contributed by atoms with E-state index in [4.69, 9.17) is 0 Å². The number of anilines is 2. The Morgan fingerprint density at radius 1 is 1.17 bits per heavy atom. The molecule has 0 amide bonds. The smallest absolute Gasteiger partial charge is 0.139 e. The van der Waals surface area contributed by atoms with E-state index < -0.39 is 5.67 Å². The number of pyridine rings is 2. The van der Waals surface area contributed by atoms with Crippen LogP contribution in [0.5, 0.6) is 0 Å². The number of aromatic nitrogens is 3. The molecule has 0 aliphatic rings. The van der Waals surface area contributed by atoms with E-state index in [2.05, 4.69) is 15.3 Å². The second kappa shape index (κ2) is 6.23. The highest BCUT2D eigenvalue weighted by molar-refractivity contribution is 5.92. The first-order valence-electron chi connectivity index (χ1n) is 8.23. The molecule has 1 atom stereocenters. The Morgan fingerprint density at radius 3 is 2.62 bits per heavy atom. The minimum atomic E-state index is -1.22. The number of halogens is 1. The first kappa shape index (κ1) is 16.4. The van der Waals surface area contributed by atoms with Gasteiger partial charge in [0.25, 0.3) is 0 Å². The maximum atomic E-state index is 14.4. The number of hydrogen-bond acceptors (Lipinski definition) is 3. The van der Waals surface area contributed by atoms with Crippen molar-refractivity contribution in [1.29, 1.82) is 0 Å². The second-order valence-corrected chi connectivity index (χ2v) is 6.52. The van der Waals surface area contributed by atoms with Gasteiger partial charge in [-0.15, -0.1) is 0 Å². The summed E-state index contributed by atoms with van der Waals surface area (Å²) in [5.41, 5.74) is 2.76. The first-order valence-corrected chi connectivity index (χ1v) is 8.23. The highest BCUT2D eigenvalue weighted by Crippen LogP contribution is 2.29. The largest absolute Gasteiger partial charge is 0.344 e. The number of rotatable bonds is 5. The Hall–Kier alpha value is -2.43. The standard InChI is InChI=1S/C19H23FN4/c1-5-19(4,20)12-24-11-8-15-16(24)7-10-22-18(15)23-17-13(2)6-9-21-14(17)3/h6-11H,5,12H2,1-4H3,(H,22,23). The Balaban J connectivity index is 2.00. The zero-order valence-electron chi connectivity index (χ0n) is 14.6. The predicted octanol–water partition coefficient (Wildman–Crippen LogP) is 4.93. The highest BCUT2D eigenvalue weighted by Gasteiger charge is 2.22. The van der Waals surface area contributed by atoms with Crippen LogP contribution in [0.4, 0.5) is 15.9 Å². The van der Waals surface area contributed by atoms with Crippen LogP contribution in [-0.4, -0.2) is 20.2 Å². The summed E-state index contributed by atoms with van der Waals surface area (Å²) < 4.78 is 16.4. The lowest BCUT2D eigenvalue weighted by molar-refractivity contribution is 0.157. The zero-order chi connectivity index (χ0) is 17.3. The quantitative estimate of drug-likeness (QED) is 0.723. The van der Waals surface area contributed by atoms with Gasteiger partial charge in [-0.05, 0) is 51.0 Å². The van der Waals surface area contributed by atoms with E-state index in [9.17, 15) is 4.39 Å². The third-order valence-corrected chi connectivity index (χ3v) is 4.53. The van der Waals surface area contributed by atoms with Gasteiger partial charge < -0.3 is 9.88 Å². The van der Waals surface area contributed by atoms with Gasteiger partial charge in [-0.3, -0.25) is 4.98 Å². The van der Waals surface area contributed by atoms with Gasteiger partial charge >= 0.3 is 0 Å². The molecule has 0 saturated carbocycles. The van der Waals surface area contributed by atoms with E-state index in [1.807, 2.05) is 49.7 Å². The van der Waals surface area contributed by atoms with Gasteiger partial charge in [-0.2, -0.15) is 0 Å². The lowest BCUT2D eigenvalue weighted by Crippen LogP contribution is -2.23. The van der Waals surface area contributed by atoms with E-state index in [1.165, 1.54) is 0 Å². The van der Waals surface area contributed by atoms with E-state index >= 15 is 0 Å². The molecule has 5 heteroatoms. The van der Waals surface area contributed by atoms with Crippen molar-refractivity contribution >= 4 is 22.4 Å². The summed E-state index contributed by atoms with van der Waals surface area (Å²) in [6, 6.07) is 5.88. The Kier molecular flexibility index (Phi) is 4.26.